The van der Waals surface area contributed by atoms with E-state index < -0.39 is 5.54 Å². The third-order valence-electron chi connectivity index (χ3n) is 4.04. The first-order valence-electron chi connectivity index (χ1n) is 7.81. The first-order valence-corrected chi connectivity index (χ1v) is 7.81. The Labute approximate surface area is 118 Å². The molecule has 0 aliphatic carbocycles. The van der Waals surface area contributed by atoms with E-state index in [4.69, 9.17) is 5.73 Å². The lowest BCUT2D eigenvalue weighted by Gasteiger charge is -2.34. The number of nitrogens with one attached hydrogen (secondary N) is 1. The summed E-state index contributed by atoms with van der Waals surface area (Å²) < 4.78 is 0. The van der Waals surface area contributed by atoms with Crippen LogP contribution in [0.2, 0.25) is 0 Å². The lowest BCUT2D eigenvalue weighted by molar-refractivity contribution is -0.127. The van der Waals surface area contributed by atoms with Gasteiger partial charge in [0.15, 0.2) is 0 Å². The number of nitrogens with two attached hydrogens (primary N) is 1. The molecule has 0 saturated carbocycles. The molecule has 1 heterocycles. The summed E-state index contributed by atoms with van der Waals surface area (Å²) in [5.41, 5.74) is 5.34. The highest BCUT2D eigenvalue weighted by Crippen LogP contribution is 2.14. The molecule has 1 saturated heterocycles. The maximum atomic E-state index is 12.1. The molecule has 1 aliphatic heterocycles. The van der Waals surface area contributed by atoms with Gasteiger partial charge in [-0.15, -0.1) is 0 Å². The third kappa shape index (κ3) is 5.49. The number of piperidine rings is 1. The van der Waals surface area contributed by atoms with Gasteiger partial charge in [0.25, 0.3) is 0 Å². The minimum absolute atomic E-state index is 0.0151. The number of rotatable bonds is 7. The molecule has 112 valence electrons. The summed E-state index contributed by atoms with van der Waals surface area (Å²) in [6, 6.07) is 0.310. The van der Waals surface area contributed by atoms with E-state index in [0.717, 1.165) is 38.8 Å². The highest BCUT2D eigenvalue weighted by Gasteiger charge is 2.30. The van der Waals surface area contributed by atoms with E-state index in [1.165, 1.54) is 19.4 Å². The molecular formula is C15H31N3O. The standard InChI is InChI=1S/C15H31N3O/c1-4-6-10-18-11-7-13(8-12-18)17-14(19)15(3,16)9-5-2/h13H,4-12,16H2,1-3H3,(H,17,19). The lowest BCUT2D eigenvalue weighted by atomic mass is 9.95. The van der Waals surface area contributed by atoms with Crippen molar-refractivity contribution >= 4 is 5.91 Å². The van der Waals surface area contributed by atoms with Gasteiger partial charge in [0.05, 0.1) is 5.54 Å². The molecule has 0 aromatic heterocycles. The summed E-state index contributed by atoms with van der Waals surface area (Å²) in [4.78, 5) is 14.6. The van der Waals surface area contributed by atoms with Crippen LogP contribution < -0.4 is 11.1 Å². The van der Waals surface area contributed by atoms with Crippen molar-refractivity contribution in [3.05, 3.63) is 0 Å². The van der Waals surface area contributed by atoms with Gasteiger partial charge < -0.3 is 16.0 Å². The van der Waals surface area contributed by atoms with Crippen LogP contribution in [0.1, 0.15) is 59.3 Å². The van der Waals surface area contributed by atoms with Crippen LogP contribution >= 0.6 is 0 Å². The molecular weight excluding hydrogens is 238 g/mol. The number of hydrogen-bond donors (Lipinski definition) is 2. The van der Waals surface area contributed by atoms with E-state index in [2.05, 4.69) is 24.1 Å². The molecule has 1 fully saturated rings. The van der Waals surface area contributed by atoms with E-state index in [1.54, 1.807) is 0 Å². The average Bonchev–Trinajstić information content (AvgIpc) is 2.38. The third-order valence-corrected chi connectivity index (χ3v) is 4.04. The SMILES string of the molecule is CCCCN1CCC(NC(=O)C(C)(N)CCC)CC1. The molecule has 1 atom stereocenters. The van der Waals surface area contributed by atoms with Gasteiger partial charge in [0.2, 0.25) is 5.91 Å². The largest absolute Gasteiger partial charge is 0.352 e. The van der Waals surface area contributed by atoms with Crippen LogP contribution in [0.4, 0.5) is 0 Å². The van der Waals surface area contributed by atoms with E-state index in [0.29, 0.717) is 6.04 Å². The number of amides is 1. The smallest absolute Gasteiger partial charge is 0.240 e. The minimum atomic E-state index is -0.714. The van der Waals surface area contributed by atoms with Crippen molar-refractivity contribution in [2.45, 2.75) is 70.9 Å². The van der Waals surface area contributed by atoms with Crippen LogP contribution in [0.15, 0.2) is 0 Å². The van der Waals surface area contributed by atoms with Crippen molar-refractivity contribution in [3.8, 4) is 0 Å². The van der Waals surface area contributed by atoms with Gasteiger partial charge in [-0.05, 0) is 39.2 Å². The zero-order chi connectivity index (χ0) is 14.3. The average molecular weight is 269 g/mol. The normalized spacial score (nSPS) is 21.1. The van der Waals surface area contributed by atoms with Crippen molar-refractivity contribution in [3.63, 3.8) is 0 Å². The molecule has 4 nitrogen and oxygen atoms in total. The van der Waals surface area contributed by atoms with Gasteiger partial charge in [-0.2, -0.15) is 0 Å². The molecule has 0 aromatic carbocycles. The monoisotopic (exact) mass is 269 g/mol. The number of nitrogens with zero attached hydrogens (tertiary/aromatic N) is 1. The molecule has 0 spiro atoms. The number of carbonyl (C=O) groups excluding carboxylic acids is 1. The predicted octanol–water partition coefficient (Wildman–Crippen LogP) is 1.88. The van der Waals surface area contributed by atoms with Crippen molar-refractivity contribution in [2.24, 2.45) is 5.73 Å². The van der Waals surface area contributed by atoms with E-state index in [1.807, 2.05) is 6.92 Å². The summed E-state index contributed by atoms with van der Waals surface area (Å²) >= 11 is 0. The van der Waals surface area contributed by atoms with Gasteiger partial charge in [-0.1, -0.05) is 26.7 Å². The summed E-state index contributed by atoms with van der Waals surface area (Å²) in [5.74, 6) is 0.0151. The van der Waals surface area contributed by atoms with Crippen LogP contribution in [0, 0.1) is 0 Å². The molecule has 0 radical (unpaired) electrons. The highest BCUT2D eigenvalue weighted by molar-refractivity contribution is 5.85. The molecule has 19 heavy (non-hydrogen) atoms. The molecule has 4 heteroatoms. The summed E-state index contributed by atoms with van der Waals surface area (Å²) in [6.07, 6.45) is 6.31. The Morgan fingerprint density at radius 3 is 2.47 bits per heavy atom. The Bertz CT molecular complexity index is 271. The Morgan fingerprint density at radius 2 is 1.95 bits per heavy atom. The van der Waals surface area contributed by atoms with Crippen molar-refractivity contribution in [2.75, 3.05) is 19.6 Å². The second-order valence-electron chi connectivity index (χ2n) is 6.11. The van der Waals surface area contributed by atoms with Gasteiger partial charge >= 0.3 is 0 Å². The summed E-state index contributed by atoms with van der Waals surface area (Å²) in [5, 5.41) is 3.13. The van der Waals surface area contributed by atoms with Gasteiger partial charge in [-0.3, -0.25) is 4.79 Å². The molecule has 3 N–H and O–H groups in total. The predicted molar refractivity (Wildman–Crippen MR) is 80.0 cm³/mol. The molecule has 0 bridgehead atoms. The van der Waals surface area contributed by atoms with Crippen LogP contribution in [0.25, 0.3) is 0 Å². The summed E-state index contributed by atoms with van der Waals surface area (Å²) in [7, 11) is 0. The van der Waals surface area contributed by atoms with Crippen LogP contribution in [0.5, 0.6) is 0 Å². The number of carbonyl (C=O) groups is 1. The van der Waals surface area contributed by atoms with Gasteiger partial charge in [0, 0.05) is 19.1 Å². The lowest BCUT2D eigenvalue weighted by Crippen LogP contribution is -2.55. The highest BCUT2D eigenvalue weighted by atomic mass is 16.2. The quantitative estimate of drug-likeness (QED) is 0.742. The van der Waals surface area contributed by atoms with Crippen LogP contribution in [-0.4, -0.2) is 42.0 Å². The fraction of sp³-hybridized carbons (Fsp3) is 0.933. The molecule has 1 unspecified atom stereocenters. The van der Waals surface area contributed by atoms with Gasteiger partial charge in [0.1, 0.15) is 0 Å². The molecule has 0 aromatic rings. The van der Waals surface area contributed by atoms with Gasteiger partial charge in [-0.25, -0.2) is 0 Å². The Kier molecular flexibility index (Phi) is 6.80. The van der Waals surface area contributed by atoms with E-state index in [9.17, 15) is 4.79 Å². The van der Waals surface area contributed by atoms with Crippen molar-refractivity contribution < 1.29 is 4.79 Å². The first kappa shape index (κ1) is 16.4. The van der Waals surface area contributed by atoms with E-state index >= 15 is 0 Å². The van der Waals surface area contributed by atoms with Crippen molar-refractivity contribution in [1.82, 2.24) is 10.2 Å². The Balaban J connectivity index is 2.30. The maximum Gasteiger partial charge on any atom is 0.240 e. The number of hydrogen-bond acceptors (Lipinski definition) is 3. The maximum absolute atomic E-state index is 12.1. The van der Waals surface area contributed by atoms with Crippen LogP contribution in [0.3, 0.4) is 0 Å². The zero-order valence-corrected chi connectivity index (χ0v) is 12.9. The van der Waals surface area contributed by atoms with E-state index in [-0.39, 0.29) is 5.91 Å². The summed E-state index contributed by atoms with van der Waals surface area (Å²) in [6.45, 7) is 9.51. The molecule has 1 aliphatic rings. The Morgan fingerprint density at radius 1 is 1.32 bits per heavy atom. The minimum Gasteiger partial charge on any atom is -0.352 e. The first-order chi connectivity index (χ1) is 8.99. The molecule has 1 rings (SSSR count). The van der Waals surface area contributed by atoms with Crippen molar-refractivity contribution in [1.29, 1.82) is 0 Å². The zero-order valence-electron chi connectivity index (χ0n) is 12.9. The number of unbranched alkanes of at least 4 members (excludes halogenated alkanes) is 1. The fourth-order valence-corrected chi connectivity index (χ4v) is 2.67. The van der Waals surface area contributed by atoms with Crippen LogP contribution in [-0.2, 0) is 4.79 Å². The second kappa shape index (κ2) is 7.85. The second-order valence-corrected chi connectivity index (χ2v) is 6.11. The molecule has 1 amide bonds. The topological polar surface area (TPSA) is 58.4 Å². The fourth-order valence-electron chi connectivity index (χ4n) is 2.67. The number of likely N-dealkylation sites (tertiary alicyclic amines) is 1. The Hall–Kier alpha value is -0.610.